The van der Waals surface area contributed by atoms with Gasteiger partial charge in [-0.3, -0.25) is 4.79 Å². The van der Waals surface area contributed by atoms with Crippen LogP contribution < -0.4 is 4.74 Å². The van der Waals surface area contributed by atoms with Gasteiger partial charge in [-0.05, 0) is 0 Å². The van der Waals surface area contributed by atoms with E-state index < -0.39 is 5.97 Å². The Morgan fingerprint density at radius 2 is 1.20 bits per heavy atom. The summed E-state index contributed by atoms with van der Waals surface area (Å²) in [6.45, 7) is 1.20. The Labute approximate surface area is 111 Å². The zero-order valence-electron chi connectivity index (χ0n) is 7.21. The van der Waals surface area contributed by atoms with Crippen molar-refractivity contribution in [2.75, 3.05) is 0 Å². The molecule has 0 aliphatic heterocycles. The lowest BCUT2D eigenvalue weighted by molar-refractivity contribution is -0.131. The number of hydrogen-bond acceptors (Lipinski definition) is 2. The van der Waals surface area contributed by atoms with Gasteiger partial charge >= 0.3 is 5.97 Å². The molecule has 1 rings (SSSR count). The summed E-state index contributed by atoms with van der Waals surface area (Å²) in [7, 11) is 0. The third kappa shape index (κ3) is 2.63. The third-order valence-electron chi connectivity index (χ3n) is 1.42. The zero-order chi connectivity index (χ0) is 11.7. The highest BCUT2D eigenvalue weighted by Gasteiger charge is 2.21. The highest BCUT2D eigenvalue weighted by Crippen LogP contribution is 2.48. The van der Waals surface area contributed by atoms with Crippen molar-refractivity contribution in [1.29, 1.82) is 0 Å². The van der Waals surface area contributed by atoms with Gasteiger partial charge in [0, 0.05) is 6.92 Å². The Kier molecular flexibility index (Phi) is 4.38. The Morgan fingerprint density at radius 1 is 0.867 bits per heavy atom. The van der Waals surface area contributed by atoms with Gasteiger partial charge in [-0.15, -0.1) is 0 Å². The molecule has 0 heterocycles. The average molecular weight is 308 g/mol. The number of benzene rings is 1. The van der Waals surface area contributed by atoms with Gasteiger partial charge in [0.05, 0.1) is 15.1 Å². The fourth-order valence-electron chi connectivity index (χ4n) is 0.818. The highest BCUT2D eigenvalue weighted by molar-refractivity contribution is 6.55. The van der Waals surface area contributed by atoms with Crippen LogP contribution in [0.25, 0.3) is 0 Å². The van der Waals surface area contributed by atoms with Crippen molar-refractivity contribution in [1.82, 2.24) is 0 Å². The molecule has 0 bridgehead atoms. The van der Waals surface area contributed by atoms with Crippen molar-refractivity contribution in [3.8, 4) is 5.75 Å². The van der Waals surface area contributed by atoms with Gasteiger partial charge < -0.3 is 4.74 Å². The van der Waals surface area contributed by atoms with E-state index in [9.17, 15) is 4.79 Å². The SMILES string of the molecule is CC(=O)Oc1c(Cl)c(Cl)c(Cl)c(Cl)c1Cl. The molecular weight excluding hydrogens is 305 g/mol. The normalized spacial score (nSPS) is 10.3. The fourth-order valence-corrected chi connectivity index (χ4v) is 2.02. The van der Waals surface area contributed by atoms with Gasteiger partial charge in [0.2, 0.25) is 0 Å². The molecule has 2 nitrogen and oxygen atoms in total. The summed E-state index contributed by atoms with van der Waals surface area (Å²) in [6, 6.07) is 0. The van der Waals surface area contributed by atoms with E-state index in [1.165, 1.54) is 6.92 Å². The minimum Gasteiger partial charge on any atom is -0.423 e. The average Bonchev–Trinajstić information content (AvgIpc) is 2.18. The van der Waals surface area contributed by atoms with Crippen LogP contribution in [0.5, 0.6) is 5.75 Å². The van der Waals surface area contributed by atoms with E-state index >= 15 is 0 Å². The van der Waals surface area contributed by atoms with Crippen LogP contribution in [0, 0.1) is 0 Å². The van der Waals surface area contributed by atoms with Crippen molar-refractivity contribution in [2.45, 2.75) is 6.92 Å². The molecule has 0 spiro atoms. The van der Waals surface area contributed by atoms with Crippen LogP contribution in [0.15, 0.2) is 0 Å². The summed E-state index contributed by atoms with van der Waals surface area (Å²) in [5.41, 5.74) is 0. The molecule has 82 valence electrons. The second-order valence-electron chi connectivity index (χ2n) is 2.49. The van der Waals surface area contributed by atoms with E-state index in [0.717, 1.165) is 0 Å². The zero-order valence-corrected chi connectivity index (χ0v) is 11.0. The van der Waals surface area contributed by atoms with Crippen LogP contribution in [0.1, 0.15) is 6.92 Å². The first-order chi connectivity index (χ1) is 6.86. The molecule has 0 N–H and O–H groups in total. The first-order valence-corrected chi connectivity index (χ1v) is 5.45. The van der Waals surface area contributed by atoms with Gasteiger partial charge in [0.1, 0.15) is 10.0 Å². The van der Waals surface area contributed by atoms with Gasteiger partial charge in [0.15, 0.2) is 5.75 Å². The van der Waals surface area contributed by atoms with Crippen LogP contribution in [-0.4, -0.2) is 5.97 Å². The molecule has 0 radical (unpaired) electrons. The number of rotatable bonds is 1. The number of carbonyl (C=O) groups is 1. The molecule has 0 aliphatic rings. The molecule has 0 unspecified atom stereocenters. The standard InChI is InChI=1S/C8H3Cl5O2/c1-2(14)15-8-6(12)4(10)3(9)5(11)7(8)13/h1H3. The quantitative estimate of drug-likeness (QED) is 0.320. The molecule has 0 aliphatic carbocycles. The number of hydrogen-bond donors (Lipinski definition) is 0. The van der Waals surface area contributed by atoms with Gasteiger partial charge in [0.25, 0.3) is 0 Å². The molecule has 0 saturated carbocycles. The fraction of sp³-hybridized carbons (Fsp3) is 0.125. The number of halogens is 5. The van der Waals surface area contributed by atoms with E-state index in [0.29, 0.717) is 0 Å². The number of carbonyl (C=O) groups excluding carboxylic acids is 1. The van der Waals surface area contributed by atoms with E-state index in [2.05, 4.69) is 0 Å². The second-order valence-corrected chi connectivity index (χ2v) is 4.38. The smallest absolute Gasteiger partial charge is 0.308 e. The van der Waals surface area contributed by atoms with Crippen LogP contribution >= 0.6 is 58.0 Å². The van der Waals surface area contributed by atoms with E-state index in [-0.39, 0.29) is 30.9 Å². The minimum atomic E-state index is -0.590. The number of ether oxygens (including phenoxy) is 1. The molecule has 0 fully saturated rings. The maximum Gasteiger partial charge on any atom is 0.308 e. The molecule has 1 aromatic carbocycles. The molecule has 0 saturated heterocycles. The van der Waals surface area contributed by atoms with Gasteiger partial charge in [-0.1, -0.05) is 58.0 Å². The van der Waals surface area contributed by atoms with E-state index in [1.54, 1.807) is 0 Å². The molecule has 0 aromatic heterocycles. The van der Waals surface area contributed by atoms with Crippen molar-refractivity contribution in [3.05, 3.63) is 25.1 Å². The lowest BCUT2D eigenvalue weighted by atomic mass is 10.3. The van der Waals surface area contributed by atoms with Gasteiger partial charge in [-0.2, -0.15) is 0 Å². The Morgan fingerprint density at radius 3 is 1.53 bits per heavy atom. The van der Waals surface area contributed by atoms with Crippen molar-refractivity contribution in [3.63, 3.8) is 0 Å². The maximum absolute atomic E-state index is 10.8. The summed E-state index contributed by atoms with van der Waals surface area (Å²) in [5, 5.41) is -0.102. The Hall–Kier alpha value is 0.140. The van der Waals surface area contributed by atoms with E-state index in [1.807, 2.05) is 0 Å². The topological polar surface area (TPSA) is 26.3 Å². The lowest BCUT2D eigenvalue weighted by Crippen LogP contribution is -2.03. The molecule has 15 heavy (non-hydrogen) atoms. The lowest BCUT2D eigenvalue weighted by Gasteiger charge is -2.10. The second kappa shape index (κ2) is 4.98. The molecule has 0 atom stereocenters. The molecule has 7 heteroatoms. The van der Waals surface area contributed by atoms with Crippen molar-refractivity contribution in [2.24, 2.45) is 0 Å². The largest absolute Gasteiger partial charge is 0.423 e. The summed E-state index contributed by atoms with van der Waals surface area (Å²) in [4.78, 5) is 10.8. The predicted octanol–water partition coefficient (Wildman–Crippen LogP) is 4.88. The summed E-state index contributed by atoms with van der Waals surface area (Å²) >= 11 is 28.8. The van der Waals surface area contributed by atoms with Crippen LogP contribution in [-0.2, 0) is 4.79 Å². The third-order valence-corrected chi connectivity index (χ3v) is 3.66. The minimum absolute atomic E-state index is 0.0102. The predicted molar refractivity (Wildman–Crippen MR) is 62.8 cm³/mol. The molecular formula is C8H3Cl5O2. The molecule has 1 aromatic rings. The number of esters is 1. The van der Waals surface area contributed by atoms with E-state index in [4.69, 9.17) is 62.7 Å². The Bertz CT molecular complexity index is 401. The first-order valence-electron chi connectivity index (χ1n) is 3.56. The van der Waals surface area contributed by atoms with Crippen molar-refractivity contribution >= 4 is 64.0 Å². The van der Waals surface area contributed by atoms with Crippen molar-refractivity contribution < 1.29 is 9.53 Å². The maximum atomic E-state index is 10.8. The highest BCUT2D eigenvalue weighted by atomic mass is 35.5. The monoisotopic (exact) mass is 306 g/mol. The van der Waals surface area contributed by atoms with Crippen LogP contribution in [0.2, 0.25) is 25.1 Å². The molecule has 0 amide bonds. The summed E-state index contributed by atoms with van der Waals surface area (Å²) in [6.07, 6.45) is 0. The van der Waals surface area contributed by atoms with Crippen LogP contribution in [0.3, 0.4) is 0 Å². The van der Waals surface area contributed by atoms with Gasteiger partial charge in [-0.25, -0.2) is 0 Å². The Balaban J connectivity index is 3.45. The first kappa shape index (κ1) is 13.2. The van der Waals surface area contributed by atoms with Crippen LogP contribution in [0.4, 0.5) is 0 Å². The summed E-state index contributed by atoms with van der Waals surface area (Å²) < 4.78 is 4.76. The summed E-state index contributed by atoms with van der Waals surface area (Å²) in [5.74, 6) is -0.682.